The number of amides is 1. The van der Waals surface area contributed by atoms with Gasteiger partial charge in [0.05, 0.1) is 0 Å². The van der Waals surface area contributed by atoms with Crippen LogP contribution in [0.4, 0.5) is 10.8 Å². The van der Waals surface area contributed by atoms with Crippen molar-refractivity contribution >= 4 is 39.8 Å². The van der Waals surface area contributed by atoms with Gasteiger partial charge in [0.25, 0.3) is 5.91 Å². The van der Waals surface area contributed by atoms with Crippen LogP contribution < -0.4 is 10.6 Å². The largest absolute Gasteiger partial charge is 0.357 e. The van der Waals surface area contributed by atoms with Crippen LogP contribution in [0.2, 0.25) is 0 Å². The SMILES string of the molecule is O=C(Nc1ccccc1)c1ccc(Sc2nnc(NC3CCCCC3)s2)nn1. The van der Waals surface area contributed by atoms with Crippen LogP contribution in [0.5, 0.6) is 0 Å². The normalized spacial score (nSPS) is 14.6. The molecule has 0 bridgehead atoms. The molecule has 1 amide bonds. The molecule has 0 unspecified atom stereocenters. The first kappa shape index (κ1) is 18.8. The molecule has 1 aromatic carbocycles. The van der Waals surface area contributed by atoms with Crippen LogP contribution in [0.3, 0.4) is 0 Å². The molecule has 4 rings (SSSR count). The molecule has 2 heterocycles. The van der Waals surface area contributed by atoms with Gasteiger partial charge in [0.2, 0.25) is 5.13 Å². The predicted octanol–water partition coefficient (Wildman–Crippen LogP) is 4.48. The molecule has 0 aliphatic heterocycles. The van der Waals surface area contributed by atoms with Gasteiger partial charge in [0.1, 0.15) is 5.03 Å². The Morgan fingerprint density at radius 2 is 1.79 bits per heavy atom. The standard InChI is InChI=1S/C19H20N6OS2/c26-17(20-13-7-3-1-4-8-13)15-11-12-16(23-22-15)27-19-25-24-18(28-19)21-14-9-5-2-6-10-14/h1,3-4,7-8,11-12,14H,2,5-6,9-10H2,(H,20,26)(H,21,24). The number of carbonyl (C=O) groups excluding carboxylic acids is 1. The summed E-state index contributed by atoms with van der Waals surface area (Å²) in [6, 6.07) is 13.2. The van der Waals surface area contributed by atoms with Crippen molar-refractivity contribution in [2.45, 2.75) is 47.5 Å². The van der Waals surface area contributed by atoms with Gasteiger partial charge in [-0.05, 0) is 48.9 Å². The Hall–Kier alpha value is -2.52. The van der Waals surface area contributed by atoms with Crippen LogP contribution in [0.1, 0.15) is 42.6 Å². The van der Waals surface area contributed by atoms with E-state index in [-0.39, 0.29) is 11.6 Å². The average molecular weight is 413 g/mol. The second kappa shape index (κ2) is 9.11. The fourth-order valence-corrected chi connectivity index (χ4v) is 4.72. The van der Waals surface area contributed by atoms with Crippen LogP contribution in [0.15, 0.2) is 51.8 Å². The van der Waals surface area contributed by atoms with E-state index in [2.05, 4.69) is 31.0 Å². The molecule has 7 nitrogen and oxygen atoms in total. The summed E-state index contributed by atoms with van der Waals surface area (Å²) >= 11 is 2.91. The van der Waals surface area contributed by atoms with Gasteiger partial charge in [-0.3, -0.25) is 4.79 Å². The van der Waals surface area contributed by atoms with Gasteiger partial charge in [0.15, 0.2) is 10.0 Å². The maximum absolute atomic E-state index is 12.2. The summed E-state index contributed by atoms with van der Waals surface area (Å²) in [5, 5.41) is 24.4. The lowest BCUT2D eigenvalue weighted by molar-refractivity contribution is 0.102. The summed E-state index contributed by atoms with van der Waals surface area (Å²) < 4.78 is 0.800. The monoisotopic (exact) mass is 412 g/mol. The lowest BCUT2D eigenvalue weighted by Gasteiger charge is -2.21. The van der Waals surface area contributed by atoms with Crippen molar-refractivity contribution in [3.05, 3.63) is 48.2 Å². The highest BCUT2D eigenvalue weighted by atomic mass is 32.2. The molecule has 0 atom stereocenters. The van der Waals surface area contributed by atoms with Crippen LogP contribution in [-0.4, -0.2) is 32.3 Å². The number of rotatable bonds is 6. The molecule has 2 aromatic heterocycles. The molecule has 2 N–H and O–H groups in total. The molecule has 1 aliphatic rings. The highest BCUT2D eigenvalue weighted by Crippen LogP contribution is 2.31. The van der Waals surface area contributed by atoms with Gasteiger partial charge in [-0.2, -0.15) is 0 Å². The lowest BCUT2D eigenvalue weighted by atomic mass is 9.96. The predicted molar refractivity (Wildman–Crippen MR) is 111 cm³/mol. The Morgan fingerprint density at radius 3 is 2.54 bits per heavy atom. The minimum absolute atomic E-state index is 0.269. The number of hydrogen-bond donors (Lipinski definition) is 2. The number of aromatic nitrogens is 4. The molecular weight excluding hydrogens is 392 g/mol. The van der Waals surface area contributed by atoms with E-state index in [0.717, 1.165) is 15.2 Å². The van der Waals surface area contributed by atoms with Crippen LogP contribution in [0.25, 0.3) is 0 Å². The van der Waals surface area contributed by atoms with Gasteiger partial charge >= 0.3 is 0 Å². The molecule has 9 heteroatoms. The first-order chi connectivity index (χ1) is 13.8. The zero-order valence-corrected chi connectivity index (χ0v) is 16.8. The molecule has 1 aliphatic carbocycles. The molecule has 1 saturated carbocycles. The van der Waals surface area contributed by atoms with Crippen LogP contribution in [0, 0.1) is 0 Å². The smallest absolute Gasteiger partial charge is 0.276 e. The molecule has 1 fully saturated rings. The summed E-state index contributed by atoms with van der Waals surface area (Å²) in [4.78, 5) is 12.2. The topological polar surface area (TPSA) is 92.7 Å². The van der Waals surface area contributed by atoms with Crippen LogP contribution in [-0.2, 0) is 0 Å². The Kier molecular flexibility index (Phi) is 6.13. The first-order valence-electron chi connectivity index (χ1n) is 9.24. The van der Waals surface area contributed by atoms with Crippen LogP contribution >= 0.6 is 23.1 Å². The number of nitrogens with zero attached hydrogens (tertiary/aromatic N) is 4. The van der Waals surface area contributed by atoms with Gasteiger partial charge < -0.3 is 10.6 Å². The Bertz CT molecular complexity index is 910. The summed E-state index contributed by atoms with van der Waals surface area (Å²) in [6.45, 7) is 0. The second-order valence-electron chi connectivity index (χ2n) is 6.53. The lowest BCUT2D eigenvalue weighted by Crippen LogP contribution is -2.21. The molecular formula is C19H20N6OS2. The van der Waals surface area contributed by atoms with Gasteiger partial charge in [0, 0.05) is 11.7 Å². The Labute approximate surface area is 171 Å². The van der Waals surface area contributed by atoms with E-state index in [0.29, 0.717) is 11.1 Å². The average Bonchev–Trinajstić information content (AvgIpc) is 3.17. The van der Waals surface area contributed by atoms with E-state index < -0.39 is 0 Å². The third kappa shape index (κ3) is 5.05. The Morgan fingerprint density at radius 1 is 0.964 bits per heavy atom. The van der Waals surface area contributed by atoms with E-state index in [1.54, 1.807) is 12.1 Å². The van der Waals surface area contributed by atoms with E-state index in [1.165, 1.54) is 55.2 Å². The summed E-state index contributed by atoms with van der Waals surface area (Å²) in [5.74, 6) is -0.287. The number of hydrogen-bond acceptors (Lipinski definition) is 8. The first-order valence-corrected chi connectivity index (χ1v) is 10.9. The van der Waals surface area contributed by atoms with E-state index in [9.17, 15) is 4.79 Å². The van der Waals surface area contributed by atoms with E-state index in [4.69, 9.17) is 0 Å². The Balaban J connectivity index is 1.33. The molecule has 28 heavy (non-hydrogen) atoms. The van der Waals surface area contributed by atoms with Crippen molar-refractivity contribution in [3.8, 4) is 0 Å². The molecule has 0 saturated heterocycles. The van der Waals surface area contributed by atoms with Gasteiger partial charge in [-0.15, -0.1) is 20.4 Å². The summed E-state index contributed by atoms with van der Waals surface area (Å²) in [6.07, 6.45) is 6.27. The molecule has 0 radical (unpaired) electrons. The minimum atomic E-state index is -0.287. The zero-order valence-electron chi connectivity index (χ0n) is 15.2. The molecule has 144 valence electrons. The number of carbonyl (C=O) groups is 1. The van der Waals surface area contributed by atoms with E-state index >= 15 is 0 Å². The van der Waals surface area contributed by atoms with Gasteiger partial charge in [-0.25, -0.2) is 0 Å². The van der Waals surface area contributed by atoms with Crippen molar-refractivity contribution in [2.24, 2.45) is 0 Å². The van der Waals surface area contributed by atoms with Crippen molar-refractivity contribution in [3.63, 3.8) is 0 Å². The van der Waals surface area contributed by atoms with E-state index in [1.807, 2.05) is 30.3 Å². The summed E-state index contributed by atoms with van der Waals surface area (Å²) in [5.41, 5.74) is 0.990. The third-order valence-corrected chi connectivity index (χ3v) is 6.27. The fourth-order valence-electron chi connectivity index (χ4n) is 3.03. The highest BCUT2D eigenvalue weighted by Gasteiger charge is 2.16. The second-order valence-corrected chi connectivity index (χ2v) is 8.78. The van der Waals surface area contributed by atoms with Crippen molar-refractivity contribution in [2.75, 3.05) is 10.6 Å². The fraction of sp³-hybridized carbons (Fsp3) is 0.316. The minimum Gasteiger partial charge on any atom is -0.357 e. The summed E-state index contributed by atoms with van der Waals surface area (Å²) in [7, 11) is 0. The zero-order chi connectivity index (χ0) is 19.2. The number of para-hydroxylation sites is 1. The quantitative estimate of drug-likeness (QED) is 0.617. The van der Waals surface area contributed by atoms with Gasteiger partial charge in [-0.1, -0.05) is 48.8 Å². The molecule has 0 spiro atoms. The van der Waals surface area contributed by atoms with Crippen molar-refractivity contribution in [1.82, 2.24) is 20.4 Å². The number of anilines is 2. The maximum atomic E-state index is 12.2. The highest BCUT2D eigenvalue weighted by molar-refractivity contribution is 8.01. The van der Waals surface area contributed by atoms with Crippen molar-refractivity contribution < 1.29 is 4.79 Å². The maximum Gasteiger partial charge on any atom is 0.276 e. The third-order valence-electron chi connectivity index (χ3n) is 4.44. The number of nitrogens with one attached hydrogen (secondary N) is 2. The number of benzene rings is 1. The molecule has 3 aromatic rings. The van der Waals surface area contributed by atoms with Crippen molar-refractivity contribution in [1.29, 1.82) is 0 Å².